The number of benzene rings is 1. The van der Waals surface area contributed by atoms with Gasteiger partial charge in [-0.25, -0.2) is 0 Å². The zero-order valence-electron chi connectivity index (χ0n) is 10.4. The van der Waals surface area contributed by atoms with Crippen molar-refractivity contribution in [3.05, 3.63) is 34.4 Å². The molecule has 0 aliphatic heterocycles. The molecule has 0 saturated heterocycles. The van der Waals surface area contributed by atoms with Gasteiger partial charge in [0.15, 0.2) is 5.78 Å². The first-order valence-corrected chi connectivity index (χ1v) is 5.72. The molecule has 1 amide bonds. The van der Waals surface area contributed by atoms with Gasteiger partial charge in [0.1, 0.15) is 0 Å². The number of alkyl halides is 3. The van der Waals surface area contributed by atoms with Gasteiger partial charge in [-0.15, -0.1) is 0 Å². The Kier molecular flexibility index (Phi) is 3.12. The summed E-state index contributed by atoms with van der Waals surface area (Å²) in [6.07, 6.45) is -5.06. The highest BCUT2D eigenvalue weighted by Crippen LogP contribution is 2.35. The van der Waals surface area contributed by atoms with Crippen LogP contribution in [0.4, 0.5) is 13.2 Å². The summed E-state index contributed by atoms with van der Waals surface area (Å²) in [5.41, 5.74) is 2.49. The second-order valence-corrected chi connectivity index (χ2v) is 4.69. The number of carbonyl (C=O) groups excluding carboxylic acids is 2. The lowest BCUT2D eigenvalue weighted by Crippen LogP contribution is -2.38. The normalized spacial score (nSPS) is 18.4. The molecular formula is C13H12F3NO2. The predicted octanol–water partition coefficient (Wildman–Crippen LogP) is 2.61. The van der Waals surface area contributed by atoms with E-state index in [2.05, 4.69) is 0 Å². The molecular weight excluding hydrogens is 259 g/mol. The Morgan fingerprint density at radius 2 is 1.95 bits per heavy atom. The minimum absolute atomic E-state index is 0.124. The molecule has 1 N–H and O–H groups in total. The van der Waals surface area contributed by atoms with Crippen LogP contribution in [-0.2, 0) is 4.79 Å². The third-order valence-corrected chi connectivity index (χ3v) is 3.13. The maximum atomic E-state index is 12.2. The van der Waals surface area contributed by atoms with E-state index < -0.39 is 18.1 Å². The molecule has 1 atom stereocenters. The predicted molar refractivity (Wildman–Crippen MR) is 61.8 cm³/mol. The lowest BCUT2D eigenvalue weighted by atomic mass is 9.99. The lowest BCUT2D eigenvalue weighted by molar-refractivity contribution is -0.174. The van der Waals surface area contributed by atoms with Crippen LogP contribution in [0, 0.1) is 13.8 Å². The van der Waals surface area contributed by atoms with Crippen LogP contribution in [0.5, 0.6) is 0 Å². The van der Waals surface area contributed by atoms with E-state index in [1.807, 2.05) is 12.2 Å². The van der Waals surface area contributed by atoms with Crippen molar-refractivity contribution in [3.8, 4) is 0 Å². The molecule has 1 aromatic carbocycles. The first-order chi connectivity index (χ1) is 8.70. The number of Topliss-reactive ketones (excluding diaryl/α,β-unsaturated/α-hetero) is 1. The molecule has 1 aliphatic rings. The third-order valence-electron chi connectivity index (χ3n) is 3.13. The SMILES string of the molecule is Cc1cc(C)c2c(c1)C(=O)CC2NC(=O)C(F)(F)F. The Morgan fingerprint density at radius 3 is 2.53 bits per heavy atom. The summed E-state index contributed by atoms with van der Waals surface area (Å²) in [5, 5.41) is 1.88. The van der Waals surface area contributed by atoms with E-state index in [0.29, 0.717) is 16.7 Å². The number of aryl methyl sites for hydroxylation is 2. The van der Waals surface area contributed by atoms with Crippen molar-refractivity contribution in [3.63, 3.8) is 0 Å². The summed E-state index contributed by atoms with van der Waals surface area (Å²) in [6.45, 7) is 3.53. The number of rotatable bonds is 1. The second-order valence-electron chi connectivity index (χ2n) is 4.69. The second kappa shape index (κ2) is 4.36. The van der Waals surface area contributed by atoms with Crippen molar-refractivity contribution in [1.82, 2.24) is 5.32 Å². The van der Waals surface area contributed by atoms with Gasteiger partial charge in [-0.3, -0.25) is 9.59 Å². The summed E-state index contributed by atoms with van der Waals surface area (Å²) >= 11 is 0. The highest BCUT2D eigenvalue weighted by atomic mass is 19.4. The monoisotopic (exact) mass is 271 g/mol. The van der Waals surface area contributed by atoms with Crippen LogP contribution >= 0.6 is 0 Å². The average Bonchev–Trinajstić information content (AvgIpc) is 2.54. The number of carbonyl (C=O) groups is 2. The Labute approximate surface area is 107 Å². The average molecular weight is 271 g/mol. The quantitative estimate of drug-likeness (QED) is 0.853. The number of halogens is 3. The van der Waals surface area contributed by atoms with Crippen molar-refractivity contribution in [1.29, 1.82) is 0 Å². The molecule has 0 radical (unpaired) electrons. The van der Waals surface area contributed by atoms with Crippen molar-refractivity contribution >= 4 is 11.7 Å². The van der Waals surface area contributed by atoms with Crippen LogP contribution in [0.15, 0.2) is 12.1 Å². The molecule has 0 spiro atoms. The number of ketones is 1. The molecule has 1 aliphatic carbocycles. The topological polar surface area (TPSA) is 46.2 Å². The summed E-state index contributed by atoms with van der Waals surface area (Å²) in [6, 6.07) is 2.53. The van der Waals surface area contributed by atoms with Crippen molar-refractivity contribution in [2.75, 3.05) is 0 Å². The number of fused-ring (bicyclic) bond motifs is 1. The highest BCUT2D eigenvalue weighted by molar-refractivity contribution is 6.02. The lowest BCUT2D eigenvalue weighted by Gasteiger charge is -2.16. The van der Waals surface area contributed by atoms with Gasteiger partial charge >= 0.3 is 12.1 Å². The smallest absolute Gasteiger partial charge is 0.341 e. The molecule has 0 bridgehead atoms. The largest absolute Gasteiger partial charge is 0.471 e. The number of nitrogens with one attached hydrogen (secondary N) is 1. The number of hydrogen-bond acceptors (Lipinski definition) is 2. The molecule has 1 unspecified atom stereocenters. The van der Waals surface area contributed by atoms with Crippen LogP contribution in [-0.4, -0.2) is 17.9 Å². The van der Waals surface area contributed by atoms with E-state index >= 15 is 0 Å². The van der Waals surface area contributed by atoms with Gasteiger partial charge in [-0.2, -0.15) is 13.2 Å². The standard InChI is InChI=1S/C13H12F3NO2/c1-6-3-7(2)11-8(4-6)10(18)5-9(11)17-12(19)13(14,15)16/h3-4,9H,5H2,1-2H3,(H,17,19). The van der Waals surface area contributed by atoms with Gasteiger partial charge in [0, 0.05) is 12.0 Å². The van der Waals surface area contributed by atoms with Gasteiger partial charge in [-0.05, 0) is 31.0 Å². The summed E-state index contributed by atoms with van der Waals surface area (Å²) in [7, 11) is 0. The molecule has 1 aromatic rings. The Hall–Kier alpha value is -1.85. The molecule has 6 heteroatoms. The molecule has 0 heterocycles. The zero-order valence-corrected chi connectivity index (χ0v) is 10.4. The molecule has 102 valence electrons. The van der Waals surface area contributed by atoms with E-state index in [0.717, 1.165) is 5.56 Å². The molecule has 3 nitrogen and oxygen atoms in total. The number of amides is 1. The van der Waals surface area contributed by atoms with Crippen LogP contribution < -0.4 is 5.32 Å². The van der Waals surface area contributed by atoms with E-state index in [-0.39, 0.29) is 12.2 Å². The molecule has 0 saturated carbocycles. The first kappa shape index (κ1) is 13.6. The molecule has 0 fully saturated rings. The van der Waals surface area contributed by atoms with Crippen LogP contribution in [0.1, 0.15) is 39.5 Å². The van der Waals surface area contributed by atoms with Gasteiger partial charge < -0.3 is 5.32 Å². The van der Waals surface area contributed by atoms with Crippen LogP contribution in [0.3, 0.4) is 0 Å². The van der Waals surface area contributed by atoms with Crippen LogP contribution in [0.25, 0.3) is 0 Å². The van der Waals surface area contributed by atoms with Gasteiger partial charge in [-0.1, -0.05) is 11.6 Å². The highest BCUT2D eigenvalue weighted by Gasteiger charge is 2.42. The maximum absolute atomic E-state index is 12.2. The van der Waals surface area contributed by atoms with Crippen LogP contribution in [0.2, 0.25) is 0 Å². The molecule has 0 aromatic heterocycles. The zero-order chi connectivity index (χ0) is 14.4. The summed E-state index contributed by atoms with van der Waals surface area (Å²) < 4.78 is 36.7. The summed E-state index contributed by atoms with van der Waals surface area (Å²) in [5.74, 6) is -2.26. The molecule has 2 rings (SSSR count). The first-order valence-electron chi connectivity index (χ1n) is 5.72. The van der Waals surface area contributed by atoms with Crippen molar-refractivity contribution in [2.24, 2.45) is 0 Å². The summed E-state index contributed by atoms with van der Waals surface area (Å²) in [4.78, 5) is 22.7. The van der Waals surface area contributed by atoms with E-state index in [1.165, 1.54) is 0 Å². The van der Waals surface area contributed by atoms with Gasteiger partial charge in [0.05, 0.1) is 6.04 Å². The fourth-order valence-corrected chi connectivity index (χ4v) is 2.43. The van der Waals surface area contributed by atoms with E-state index in [4.69, 9.17) is 0 Å². The fourth-order valence-electron chi connectivity index (χ4n) is 2.43. The van der Waals surface area contributed by atoms with Gasteiger partial charge in [0.25, 0.3) is 0 Å². The fraction of sp³-hybridized carbons (Fsp3) is 0.385. The molecule has 19 heavy (non-hydrogen) atoms. The third kappa shape index (κ3) is 2.47. The Morgan fingerprint density at radius 1 is 1.32 bits per heavy atom. The van der Waals surface area contributed by atoms with E-state index in [1.54, 1.807) is 19.1 Å². The Balaban J connectivity index is 2.35. The van der Waals surface area contributed by atoms with E-state index in [9.17, 15) is 22.8 Å². The Bertz CT molecular complexity index is 564. The van der Waals surface area contributed by atoms with Gasteiger partial charge in [0.2, 0.25) is 0 Å². The maximum Gasteiger partial charge on any atom is 0.471 e. The van der Waals surface area contributed by atoms with Crippen molar-refractivity contribution < 1.29 is 22.8 Å². The minimum atomic E-state index is -4.94. The number of hydrogen-bond donors (Lipinski definition) is 1. The van der Waals surface area contributed by atoms with Crippen molar-refractivity contribution in [2.45, 2.75) is 32.5 Å². The minimum Gasteiger partial charge on any atom is -0.341 e.